The summed E-state index contributed by atoms with van der Waals surface area (Å²) in [6, 6.07) is 14.5. The number of nitrogens with one attached hydrogen (secondary N) is 2. The summed E-state index contributed by atoms with van der Waals surface area (Å²) in [6.07, 6.45) is 0.00346. The minimum atomic E-state index is 0.00346. The Labute approximate surface area is 136 Å². The van der Waals surface area contributed by atoms with Gasteiger partial charge < -0.3 is 15.4 Å². The Hall–Kier alpha value is -1.85. The summed E-state index contributed by atoms with van der Waals surface area (Å²) in [4.78, 5) is 6.87. The molecule has 0 radical (unpaired) electrons. The number of hydrogen-bond acceptors (Lipinski definition) is 3. The molecule has 0 aliphatic carbocycles. The second-order valence-electron chi connectivity index (χ2n) is 4.95. The number of benzene rings is 1. The Balaban J connectivity index is 1.85. The molecule has 0 aliphatic heterocycles. The van der Waals surface area contributed by atoms with Gasteiger partial charge in [-0.05, 0) is 24.6 Å². The van der Waals surface area contributed by atoms with Crippen LogP contribution in [0.2, 0.25) is 0 Å². The van der Waals surface area contributed by atoms with Crippen molar-refractivity contribution in [2.24, 2.45) is 4.99 Å². The fourth-order valence-corrected chi connectivity index (χ4v) is 3.00. The minimum Gasteiger partial charge on any atom is -0.375 e. The summed E-state index contributed by atoms with van der Waals surface area (Å²) < 4.78 is 5.55. The van der Waals surface area contributed by atoms with Crippen LogP contribution in [0.15, 0.2) is 47.5 Å². The number of ether oxygens (including phenoxy) is 1. The molecule has 1 atom stereocenters. The first-order valence-electron chi connectivity index (χ1n) is 7.30. The first-order chi connectivity index (χ1) is 10.7. The van der Waals surface area contributed by atoms with Crippen LogP contribution in [0.3, 0.4) is 0 Å². The molecule has 1 aromatic carbocycles. The van der Waals surface area contributed by atoms with Crippen molar-refractivity contribution in [2.75, 3.05) is 20.7 Å². The molecular weight excluding hydrogens is 294 g/mol. The minimum absolute atomic E-state index is 0.00346. The van der Waals surface area contributed by atoms with Gasteiger partial charge in [0.05, 0.1) is 12.6 Å². The third-order valence-electron chi connectivity index (χ3n) is 3.36. The number of thiophene rings is 1. The zero-order chi connectivity index (χ0) is 15.8. The second-order valence-corrected chi connectivity index (χ2v) is 6.33. The molecule has 1 heterocycles. The molecule has 22 heavy (non-hydrogen) atoms. The SMILES string of the molecule is CN=C(NCc1ccc(C)s1)NCC(OC)c1ccccc1. The van der Waals surface area contributed by atoms with Crippen molar-refractivity contribution in [1.29, 1.82) is 0 Å². The van der Waals surface area contributed by atoms with E-state index >= 15 is 0 Å². The van der Waals surface area contributed by atoms with Crippen molar-refractivity contribution in [3.63, 3.8) is 0 Å². The Morgan fingerprint density at radius 2 is 1.95 bits per heavy atom. The Morgan fingerprint density at radius 1 is 1.18 bits per heavy atom. The zero-order valence-electron chi connectivity index (χ0n) is 13.3. The molecule has 0 spiro atoms. The van der Waals surface area contributed by atoms with E-state index < -0.39 is 0 Å². The molecule has 0 bridgehead atoms. The number of methoxy groups -OCH3 is 1. The van der Waals surface area contributed by atoms with Crippen LogP contribution >= 0.6 is 11.3 Å². The van der Waals surface area contributed by atoms with Gasteiger partial charge >= 0.3 is 0 Å². The molecular formula is C17H23N3OS. The van der Waals surface area contributed by atoms with Crippen LogP contribution in [-0.2, 0) is 11.3 Å². The normalized spacial score (nSPS) is 13.0. The number of nitrogens with zero attached hydrogens (tertiary/aromatic N) is 1. The highest BCUT2D eigenvalue weighted by molar-refractivity contribution is 7.11. The van der Waals surface area contributed by atoms with E-state index in [9.17, 15) is 0 Å². The zero-order valence-corrected chi connectivity index (χ0v) is 14.1. The Bertz CT molecular complexity index is 595. The second kappa shape index (κ2) is 8.56. The van der Waals surface area contributed by atoms with Crippen molar-refractivity contribution in [2.45, 2.75) is 19.6 Å². The maximum atomic E-state index is 5.55. The van der Waals surface area contributed by atoms with Crippen molar-refractivity contribution < 1.29 is 4.74 Å². The highest BCUT2D eigenvalue weighted by Crippen LogP contribution is 2.15. The molecule has 2 aromatic rings. The quantitative estimate of drug-likeness (QED) is 0.636. The van der Waals surface area contributed by atoms with E-state index in [1.165, 1.54) is 9.75 Å². The molecule has 0 saturated carbocycles. The van der Waals surface area contributed by atoms with Crippen LogP contribution < -0.4 is 10.6 Å². The predicted octanol–water partition coefficient (Wildman–Crippen LogP) is 3.11. The number of aliphatic imine (C=N–C) groups is 1. The van der Waals surface area contributed by atoms with Gasteiger partial charge in [0.15, 0.2) is 5.96 Å². The lowest BCUT2D eigenvalue weighted by molar-refractivity contribution is 0.106. The molecule has 4 nitrogen and oxygen atoms in total. The maximum Gasteiger partial charge on any atom is 0.191 e. The van der Waals surface area contributed by atoms with Crippen molar-refractivity contribution in [3.8, 4) is 0 Å². The van der Waals surface area contributed by atoms with E-state index in [2.05, 4.69) is 46.8 Å². The summed E-state index contributed by atoms with van der Waals surface area (Å²) in [7, 11) is 3.50. The lowest BCUT2D eigenvalue weighted by Crippen LogP contribution is -2.39. The van der Waals surface area contributed by atoms with Gasteiger partial charge in [0.2, 0.25) is 0 Å². The summed E-state index contributed by atoms with van der Waals surface area (Å²) in [5.74, 6) is 0.782. The van der Waals surface area contributed by atoms with Crippen LogP contribution in [0.5, 0.6) is 0 Å². The summed E-state index contributed by atoms with van der Waals surface area (Å²) in [6.45, 7) is 3.56. The lowest BCUT2D eigenvalue weighted by atomic mass is 10.1. The highest BCUT2D eigenvalue weighted by Gasteiger charge is 2.10. The summed E-state index contributed by atoms with van der Waals surface area (Å²) in [5, 5.41) is 6.64. The van der Waals surface area contributed by atoms with Crippen molar-refractivity contribution in [3.05, 3.63) is 57.8 Å². The van der Waals surface area contributed by atoms with E-state index in [0.717, 1.165) is 18.1 Å². The van der Waals surface area contributed by atoms with Crippen LogP contribution in [0.1, 0.15) is 21.4 Å². The number of aryl methyl sites for hydroxylation is 1. The van der Waals surface area contributed by atoms with Gasteiger partial charge in [-0.2, -0.15) is 0 Å². The molecule has 0 amide bonds. The fraction of sp³-hybridized carbons (Fsp3) is 0.353. The van der Waals surface area contributed by atoms with E-state index in [0.29, 0.717) is 6.54 Å². The van der Waals surface area contributed by atoms with Gasteiger partial charge in [-0.3, -0.25) is 4.99 Å². The maximum absolute atomic E-state index is 5.55. The molecule has 1 aromatic heterocycles. The number of rotatable bonds is 6. The molecule has 2 rings (SSSR count). The average molecular weight is 317 g/mol. The van der Waals surface area contributed by atoms with E-state index in [4.69, 9.17) is 4.74 Å². The first kappa shape index (κ1) is 16.5. The largest absolute Gasteiger partial charge is 0.375 e. The Kier molecular flexibility index (Phi) is 6.43. The van der Waals surface area contributed by atoms with Gasteiger partial charge in [-0.15, -0.1) is 11.3 Å². The number of guanidine groups is 1. The molecule has 0 aliphatic rings. The molecule has 1 unspecified atom stereocenters. The van der Waals surface area contributed by atoms with Crippen molar-refractivity contribution >= 4 is 17.3 Å². The predicted molar refractivity (Wildman–Crippen MR) is 93.4 cm³/mol. The van der Waals surface area contributed by atoms with Gasteiger partial charge in [-0.25, -0.2) is 0 Å². The standard InChI is InChI=1S/C17H23N3OS/c1-13-9-10-15(22-13)11-19-17(18-2)20-12-16(21-3)14-7-5-4-6-8-14/h4-10,16H,11-12H2,1-3H3,(H2,18,19,20). The smallest absolute Gasteiger partial charge is 0.191 e. The molecule has 0 fully saturated rings. The van der Waals surface area contributed by atoms with Gasteiger partial charge in [0, 0.05) is 30.5 Å². The third-order valence-corrected chi connectivity index (χ3v) is 4.36. The summed E-state index contributed by atoms with van der Waals surface area (Å²) in [5.41, 5.74) is 1.15. The van der Waals surface area contributed by atoms with Crippen LogP contribution in [0.25, 0.3) is 0 Å². The molecule has 0 saturated heterocycles. The van der Waals surface area contributed by atoms with Gasteiger partial charge in [0.1, 0.15) is 0 Å². The van der Waals surface area contributed by atoms with Gasteiger partial charge in [-0.1, -0.05) is 30.3 Å². The number of hydrogen-bond donors (Lipinski definition) is 2. The summed E-state index contributed by atoms with van der Waals surface area (Å²) >= 11 is 1.80. The van der Waals surface area contributed by atoms with Crippen molar-refractivity contribution in [1.82, 2.24) is 10.6 Å². The van der Waals surface area contributed by atoms with Gasteiger partial charge in [0.25, 0.3) is 0 Å². The molecule has 2 N–H and O–H groups in total. The highest BCUT2D eigenvalue weighted by atomic mass is 32.1. The topological polar surface area (TPSA) is 45.7 Å². The lowest BCUT2D eigenvalue weighted by Gasteiger charge is -2.18. The van der Waals surface area contributed by atoms with E-state index in [1.54, 1.807) is 25.5 Å². The van der Waals surface area contributed by atoms with E-state index in [-0.39, 0.29) is 6.10 Å². The van der Waals surface area contributed by atoms with Crippen LogP contribution in [0, 0.1) is 6.92 Å². The van der Waals surface area contributed by atoms with Crippen LogP contribution in [-0.4, -0.2) is 26.7 Å². The molecule has 5 heteroatoms. The average Bonchev–Trinajstić information content (AvgIpc) is 2.97. The Morgan fingerprint density at radius 3 is 2.55 bits per heavy atom. The molecule has 118 valence electrons. The van der Waals surface area contributed by atoms with E-state index in [1.807, 2.05) is 18.2 Å². The van der Waals surface area contributed by atoms with Crippen LogP contribution in [0.4, 0.5) is 0 Å². The monoisotopic (exact) mass is 317 g/mol. The first-order valence-corrected chi connectivity index (χ1v) is 8.12. The fourth-order valence-electron chi connectivity index (χ4n) is 2.17. The third kappa shape index (κ3) is 4.86.